The van der Waals surface area contributed by atoms with E-state index >= 15 is 0 Å². The molecule has 1 fully saturated rings. The summed E-state index contributed by atoms with van der Waals surface area (Å²) in [7, 11) is 0. The molecule has 82 valence electrons. The van der Waals surface area contributed by atoms with E-state index in [1.54, 1.807) is 16.8 Å². The number of nitrogens with zero attached hydrogens (tertiary/aromatic N) is 1. The van der Waals surface area contributed by atoms with Gasteiger partial charge in [0, 0.05) is 24.9 Å². The van der Waals surface area contributed by atoms with Crippen molar-refractivity contribution in [3.8, 4) is 0 Å². The quantitative estimate of drug-likeness (QED) is 0.786. The van der Waals surface area contributed by atoms with Crippen LogP contribution in [0.1, 0.15) is 18.4 Å². The molecule has 1 atom stereocenters. The second kappa shape index (κ2) is 4.59. The maximum Gasteiger partial charge on any atom is 0.255 e. The summed E-state index contributed by atoms with van der Waals surface area (Å²) in [4.78, 5) is 11.8. The lowest BCUT2D eigenvalue weighted by atomic mass is 10.2. The lowest BCUT2D eigenvalue weighted by Crippen LogP contribution is -2.28. The van der Waals surface area contributed by atoms with Gasteiger partial charge in [0.25, 0.3) is 5.56 Å². The molecule has 15 heavy (non-hydrogen) atoms. The van der Waals surface area contributed by atoms with Gasteiger partial charge in [0.2, 0.25) is 0 Å². The summed E-state index contributed by atoms with van der Waals surface area (Å²) < 4.78 is 7.19. The van der Waals surface area contributed by atoms with Gasteiger partial charge in [-0.3, -0.25) is 4.79 Å². The smallest absolute Gasteiger partial charge is 0.255 e. The molecular formula is C11H16N2O2. The van der Waals surface area contributed by atoms with Crippen LogP contribution in [-0.2, 0) is 17.8 Å². The Morgan fingerprint density at radius 1 is 1.60 bits per heavy atom. The fourth-order valence-electron chi connectivity index (χ4n) is 1.89. The number of aromatic nitrogens is 1. The first-order chi connectivity index (χ1) is 7.31. The van der Waals surface area contributed by atoms with Crippen LogP contribution in [-0.4, -0.2) is 17.3 Å². The normalized spacial score (nSPS) is 20.7. The van der Waals surface area contributed by atoms with Crippen molar-refractivity contribution in [2.24, 2.45) is 5.73 Å². The second-order valence-electron chi connectivity index (χ2n) is 3.83. The third-order valence-corrected chi connectivity index (χ3v) is 2.74. The Hall–Kier alpha value is -1.13. The van der Waals surface area contributed by atoms with Crippen LogP contribution in [0.3, 0.4) is 0 Å². The van der Waals surface area contributed by atoms with Gasteiger partial charge in [-0.1, -0.05) is 6.07 Å². The molecule has 2 heterocycles. The number of hydrogen-bond donors (Lipinski definition) is 1. The van der Waals surface area contributed by atoms with Crippen LogP contribution in [0.5, 0.6) is 0 Å². The van der Waals surface area contributed by atoms with E-state index in [9.17, 15) is 4.79 Å². The van der Waals surface area contributed by atoms with Crippen LogP contribution in [0.15, 0.2) is 23.1 Å². The zero-order valence-electron chi connectivity index (χ0n) is 8.69. The Labute approximate surface area is 88.7 Å². The fourth-order valence-corrected chi connectivity index (χ4v) is 1.89. The van der Waals surface area contributed by atoms with E-state index in [4.69, 9.17) is 10.5 Å². The summed E-state index contributed by atoms with van der Waals surface area (Å²) >= 11 is 0. The van der Waals surface area contributed by atoms with Gasteiger partial charge in [-0.25, -0.2) is 0 Å². The largest absolute Gasteiger partial charge is 0.376 e. The summed E-state index contributed by atoms with van der Waals surface area (Å²) in [5.74, 6) is 0. The van der Waals surface area contributed by atoms with Crippen molar-refractivity contribution in [3.05, 3.63) is 34.2 Å². The van der Waals surface area contributed by atoms with Gasteiger partial charge >= 0.3 is 0 Å². The molecule has 1 saturated heterocycles. The van der Waals surface area contributed by atoms with Gasteiger partial charge < -0.3 is 15.0 Å². The van der Waals surface area contributed by atoms with Crippen molar-refractivity contribution in [3.63, 3.8) is 0 Å². The van der Waals surface area contributed by atoms with E-state index in [0.717, 1.165) is 19.4 Å². The molecule has 0 bridgehead atoms. The van der Waals surface area contributed by atoms with Gasteiger partial charge in [-0.05, 0) is 18.9 Å². The molecule has 0 saturated carbocycles. The monoisotopic (exact) mass is 208 g/mol. The maximum absolute atomic E-state index is 11.8. The first-order valence-electron chi connectivity index (χ1n) is 5.31. The molecule has 1 aromatic rings. The maximum atomic E-state index is 11.8. The summed E-state index contributed by atoms with van der Waals surface area (Å²) in [5.41, 5.74) is 6.16. The molecule has 2 N–H and O–H groups in total. The fraction of sp³-hybridized carbons (Fsp3) is 0.545. The molecule has 0 amide bonds. The van der Waals surface area contributed by atoms with Crippen molar-refractivity contribution in [1.29, 1.82) is 0 Å². The number of rotatable bonds is 3. The Morgan fingerprint density at radius 2 is 2.47 bits per heavy atom. The summed E-state index contributed by atoms with van der Waals surface area (Å²) in [6.07, 6.45) is 4.12. The lowest BCUT2D eigenvalue weighted by molar-refractivity contribution is 0.0961. The molecule has 1 unspecified atom stereocenters. The van der Waals surface area contributed by atoms with Crippen LogP contribution in [0.4, 0.5) is 0 Å². The van der Waals surface area contributed by atoms with Crippen LogP contribution in [0.25, 0.3) is 0 Å². The van der Waals surface area contributed by atoms with E-state index in [2.05, 4.69) is 0 Å². The highest BCUT2D eigenvalue weighted by atomic mass is 16.5. The Balaban J connectivity index is 2.17. The molecule has 0 aliphatic carbocycles. The van der Waals surface area contributed by atoms with Crippen molar-refractivity contribution >= 4 is 0 Å². The predicted molar refractivity (Wildman–Crippen MR) is 57.6 cm³/mol. The molecule has 4 heteroatoms. The molecule has 2 rings (SSSR count). The van der Waals surface area contributed by atoms with E-state index in [0.29, 0.717) is 18.7 Å². The van der Waals surface area contributed by atoms with Gasteiger partial charge in [0.15, 0.2) is 0 Å². The predicted octanol–water partition coefficient (Wildman–Crippen LogP) is 0.486. The molecular weight excluding hydrogens is 192 g/mol. The Bertz CT molecular complexity index is 380. The van der Waals surface area contributed by atoms with Crippen LogP contribution < -0.4 is 11.3 Å². The minimum absolute atomic E-state index is 0.00972. The highest BCUT2D eigenvalue weighted by Crippen LogP contribution is 2.13. The standard InChI is InChI=1S/C11H16N2O2/c12-7-9-3-1-5-13(11(9)14)8-10-4-2-6-15-10/h1,3,5,10H,2,4,6-8,12H2. The van der Waals surface area contributed by atoms with E-state index < -0.39 is 0 Å². The Kier molecular flexibility index (Phi) is 3.18. The zero-order valence-corrected chi connectivity index (χ0v) is 8.69. The van der Waals surface area contributed by atoms with Crippen molar-refractivity contribution in [1.82, 2.24) is 4.57 Å². The minimum Gasteiger partial charge on any atom is -0.376 e. The van der Waals surface area contributed by atoms with E-state index in [1.807, 2.05) is 6.07 Å². The van der Waals surface area contributed by atoms with Gasteiger partial charge in [-0.15, -0.1) is 0 Å². The third-order valence-electron chi connectivity index (χ3n) is 2.74. The summed E-state index contributed by atoms with van der Waals surface area (Å²) in [6, 6.07) is 3.63. The highest BCUT2D eigenvalue weighted by Gasteiger charge is 2.16. The number of ether oxygens (including phenoxy) is 1. The molecule has 4 nitrogen and oxygen atoms in total. The van der Waals surface area contributed by atoms with Crippen molar-refractivity contribution in [2.75, 3.05) is 6.61 Å². The summed E-state index contributed by atoms with van der Waals surface area (Å²) in [5, 5.41) is 0. The third kappa shape index (κ3) is 2.27. The number of nitrogens with two attached hydrogens (primary N) is 1. The molecule has 0 spiro atoms. The van der Waals surface area contributed by atoms with Crippen LogP contribution in [0, 0.1) is 0 Å². The number of hydrogen-bond acceptors (Lipinski definition) is 3. The average Bonchev–Trinajstić information content (AvgIpc) is 2.74. The van der Waals surface area contributed by atoms with Gasteiger partial charge in [0.1, 0.15) is 0 Å². The minimum atomic E-state index is 0.00972. The van der Waals surface area contributed by atoms with Gasteiger partial charge in [-0.2, -0.15) is 0 Å². The van der Waals surface area contributed by atoms with Crippen molar-refractivity contribution in [2.45, 2.75) is 32.0 Å². The van der Waals surface area contributed by atoms with Crippen LogP contribution in [0.2, 0.25) is 0 Å². The molecule has 0 radical (unpaired) electrons. The molecule has 0 aromatic carbocycles. The zero-order chi connectivity index (χ0) is 10.7. The first-order valence-corrected chi connectivity index (χ1v) is 5.31. The molecule has 1 aliphatic rings. The Morgan fingerprint density at radius 3 is 3.13 bits per heavy atom. The van der Waals surface area contributed by atoms with Crippen LogP contribution >= 0.6 is 0 Å². The van der Waals surface area contributed by atoms with E-state index in [1.165, 1.54) is 0 Å². The molecule has 1 aliphatic heterocycles. The SMILES string of the molecule is NCc1cccn(CC2CCCO2)c1=O. The second-order valence-corrected chi connectivity index (χ2v) is 3.83. The lowest BCUT2D eigenvalue weighted by Gasteiger charge is -2.12. The average molecular weight is 208 g/mol. The summed E-state index contributed by atoms with van der Waals surface area (Å²) in [6.45, 7) is 1.76. The van der Waals surface area contributed by atoms with E-state index in [-0.39, 0.29) is 11.7 Å². The van der Waals surface area contributed by atoms with Crippen molar-refractivity contribution < 1.29 is 4.74 Å². The number of pyridine rings is 1. The molecule has 1 aromatic heterocycles. The topological polar surface area (TPSA) is 57.2 Å². The first kappa shape index (κ1) is 10.4. The van der Waals surface area contributed by atoms with Gasteiger partial charge in [0.05, 0.1) is 12.6 Å². The highest BCUT2D eigenvalue weighted by molar-refractivity contribution is 5.09.